The van der Waals surface area contributed by atoms with E-state index in [9.17, 15) is 4.39 Å². The summed E-state index contributed by atoms with van der Waals surface area (Å²) in [4.78, 5) is 10.2. The number of benzene rings is 2. The van der Waals surface area contributed by atoms with Gasteiger partial charge in [0, 0.05) is 36.1 Å². The molecule has 2 fully saturated rings. The Kier molecular flexibility index (Phi) is 6.28. The largest absolute Gasteiger partial charge is 0.382 e. The number of thiazole rings is 1. The highest BCUT2D eigenvalue weighted by molar-refractivity contribution is 7.19. The molecule has 3 N–H and O–H groups in total. The number of rotatable bonds is 5. The van der Waals surface area contributed by atoms with E-state index in [1.54, 1.807) is 12.1 Å². The Morgan fingerprint density at radius 2 is 1.78 bits per heavy atom. The first-order valence-electron chi connectivity index (χ1n) is 11.5. The van der Waals surface area contributed by atoms with Gasteiger partial charge in [0.2, 0.25) is 0 Å². The van der Waals surface area contributed by atoms with Crippen molar-refractivity contribution in [3.05, 3.63) is 54.3 Å². The zero-order chi connectivity index (χ0) is 21.9. The summed E-state index contributed by atoms with van der Waals surface area (Å²) in [6, 6.07) is 16.8. The summed E-state index contributed by atoms with van der Waals surface area (Å²) in [5, 5.41) is 3.94. The SMILES string of the molecule is Nc1nc(Nc2ccc(N3CCC(N4CCCCC4)CC3)cc2)sc1-c1[c]cccc1F. The van der Waals surface area contributed by atoms with Crippen molar-refractivity contribution in [3.63, 3.8) is 0 Å². The molecule has 2 aliphatic heterocycles. The Morgan fingerprint density at radius 1 is 1.03 bits per heavy atom. The van der Waals surface area contributed by atoms with Crippen LogP contribution in [0.3, 0.4) is 0 Å². The van der Waals surface area contributed by atoms with Crippen LogP contribution in [0.2, 0.25) is 0 Å². The number of nitrogens with one attached hydrogen (secondary N) is 1. The van der Waals surface area contributed by atoms with Crippen LogP contribution < -0.4 is 16.0 Å². The summed E-state index contributed by atoms with van der Waals surface area (Å²) in [7, 11) is 0. The molecule has 167 valence electrons. The van der Waals surface area contributed by atoms with Gasteiger partial charge in [-0.2, -0.15) is 0 Å². The second-order valence-corrected chi connectivity index (χ2v) is 9.61. The first-order chi connectivity index (χ1) is 15.7. The average Bonchev–Trinajstić information content (AvgIpc) is 3.20. The van der Waals surface area contributed by atoms with Crippen molar-refractivity contribution in [1.82, 2.24) is 9.88 Å². The first-order valence-corrected chi connectivity index (χ1v) is 12.3. The van der Waals surface area contributed by atoms with E-state index in [4.69, 9.17) is 5.73 Å². The zero-order valence-electron chi connectivity index (χ0n) is 18.2. The Balaban J connectivity index is 1.21. The molecule has 0 atom stereocenters. The minimum absolute atomic E-state index is 0.312. The number of hydrogen-bond acceptors (Lipinski definition) is 6. The summed E-state index contributed by atoms with van der Waals surface area (Å²) >= 11 is 1.33. The van der Waals surface area contributed by atoms with E-state index in [0.717, 1.165) is 24.8 Å². The number of hydrogen-bond donors (Lipinski definition) is 2. The van der Waals surface area contributed by atoms with Gasteiger partial charge in [-0.3, -0.25) is 0 Å². The van der Waals surface area contributed by atoms with Gasteiger partial charge in [-0.15, -0.1) is 0 Å². The summed E-state index contributed by atoms with van der Waals surface area (Å²) in [5.41, 5.74) is 8.60. The fraction of sp³-hybridized carbons (Fsp3) is 0.400. The standard InChI is InChI=1S/C25H29FN5S/c26-22-7-3-2-6-21(22)23-24(27)29-25(32-23)28-18-8-10-19(11-9-18)31-16-12-20(13-17-31)30-14-4-1-5-15-30/h2-3,7-11,20H,1,4-5,12-17,27H2,(H,28,29). The summed E-state index contributed by atoms with van der Waals surface area (Å²) in [6.07, 6.45) is 6.60. The molecule has 2 saturated heterocycles. The van der Waals surface area contributed by atoms with Gasteiger partial charge in [0.1, 0.15) is 11.6 Å². The van der Waals surface area contributed by atoms with Crippen LogP contribution in [0.15, 0.2) is 42.5 Å². The van der Waals surface area contributed by atoms with Crippen LogP contribution in [-0.4, -0.2) is 42.1 Å². The molecular weight excluding hydrogens is 421 g/mol. The van der Waals surface area contributed by atoms with Crippen molar-refractivity contribution in [2.24, 2.45) is 0 Å². The molecule has 2 aromatic carbocycles. The number of nitrogen functional groups attached to an aromatic ring is 1. The fourth-order valence-electron chi connectivity index (χ4n) is 4.81. The number of nitrogens with two attached hydrogens (primary N) is 1. The Morgan fingerprint density at radius 3 is 2.50 bits per heavy atom. The molecule has 32 heavy (non-hydrogen) atoms. The van der Waals surface area contributed by atoms with Gasteiger partial charge in [0.05, 0.1) is 4.88 Å². The monoisotopic (exact) mass is 450 g/mol. The number of likely N-dealkylation sites (tertiary alicyclic amines) is 1. The molecule has 0 saturated carbocycles. The topological polar surface area (TPSA) is 57.4 Å². The fourth-order valence-corrected chi connectivity index (χ4v) is 5.72. The Hall–Kier alpha value is -2.64. The quantitative estimate of drug-likeness (QED) is 0.535. The summed E-state index contributed by atoms with van der Waals surface area (Å²) < 4.78 is 14.1. The summed E-state index contributed by atoms with van der Waals surface area (Å²) in [6.45, 7) is 4.78. The molecule has 5 rings (SSSR count). The van der Waals surface area contributed by atoms with Crippen LogP contribution in [0.5, 0.6) is 0 Å². The van der Waals surface area contributed by atoms with E-state index in [2.05, 4.69) is 50.4 Å². The number of anilines is 4. The van der Waals surface area contributed by atoms with Crippen LogP contribution in [0, 0.1) is 11.9 Å². The molecule has 0 aliphatic carbocycles. The van der Waals surface area contributed by atoms with E-state index in [1.165, 1.54) is 68.3 Å². The molecule has 3 aromatic rings. The maximum absolute atomic E-state index is 14.1. The van der Waals surface area contributed by atoms with Gasteiger partial charge in [0.25, 0.3) is 0 Å². The minimum Gasteiger partial charge on any atom is -0.382 e. The zero-order valence-corrected chi connectivity index (χ0v) is 19.0. The molecule has 2 aliphatic rings. The molecule has 1 radical (unpaired) electrons. The van der Waals surface area contributed by atoms with Gasteiger partial charge >= 0.3 is 0 Å². The van der Waals surface area contributed by atoms with Crippen LogP contribution >= 0.6 is 11.3 Å². The maximum Gasteiger partial charge on any atom is 0.189 e. The normalized spacial score (nSPS) is 18.1. The molecule has 0 spiro atoms. The highest BCUT2D eigenvalue weighted by Crippen LogP contribution is 2.37. The molecular formula is C25H29FN5S. The number of halogens is 1. The van der Waals surface area contributed by atoms with Crippen LogP contribution in [0.1, 0.15) is 32.1 Å². The van der Waals surface area contributed by atoms with Crippen molar-refractivity contribution >= 4 is 33.7 Å². The lowest BCUT2D eigenvalue weighted by atomic mass is 9.99. The van der Waals surface area contributed by atoms with Crippen molar-refractivity contribution in [1.29, 1.82) is 0 Å². The third-order valence-electron chi connectivity index (χ3n) is 6.54. The average molecular weight is 451 g/mol. The van der Waals surface area contributed by atoms with Gasteiger partial charge in [-0.1, -0.05) is 29.9 Å². The predicted octanol–water partition coefficient (Wildman–Crippen LogP) is 5.53. The van der Waals surface area contributed by atoms with Crippen LogP contribution in [0.4, 0.5) is 26.7 Å². The highest BCUT2D eigenvalue weighted by atomic mass is 32.1. The van der Waals surface area contributed by atoms with Crippen molar-refractivity contribution in [3.8, 4) is 10.4 Å². The number of nitrogens with zero attached hydrogens (tertiary/aromatic N) is 3. The van der Waals surface area contributed by atoms with Crippen molar-refractivity contribution < 1.29 is 4.39 Å². The van der Waals surface area contributed by atoms with E-state index in [1.807, 2.05) is 0 Å². The van der Waals surface area contributed by atoms with Gasteiger partial charge in [0.15, 0.2) is 5.13 Å². The second-order valence-electron chi connectivity index (χ2n) is 8.61. The molecule has 0 unspecified atom stereocenters. The lowest BCUT2D eigenvalue weighted by molar-refractivity contribution is 0.141. The lowest BCUT2D eigenvalue weighted by Gasteiger charge is -2.41. The van der Waals surface area contributed by atoms with Gasteiger partial charge in [-0.25, -0.2) is 9.37 Å². The van der Waals surface area contributed by atoms with E-state index in [0.29, 0.717) is 21.4 Å². The number of piperidine rings is 2. The van der Waals surface area contributed by atoms with Gasteiger partial charge in [-0.05, 0) is 75.2 Å². The first kappa shape index (κ1) is 21.2. The van der Waals surface area contributed by atoms with Crippen LogP contribution in [-0.2, 0) is 0 Å². The van der Waals surface area contributed by atoms with Crippen LogP contribution in [0.25, 0.3) is 10.4 Å². The number of aromatic nitrogens is 1. The third-order valence-corrected chi connectivity index (χ3v) is 7.55. The smallest absolute Gasteiger partial charge is 0.189 e. The molecule has 7 heteroatoms. The van der Waals surface area contributed by atoms with Crippen molar-refractivity contribution in [2.75, 3.05) is 42.1 Å². The third kappa shape index (κ3) is 4.59. The van der Waals surface area contributed by atoms with Crippen molar-refractivity contribution in [2.45, 2.75) is 38.1 Å². The summed E-state index contributed by atoms with van der Waals surface area (Å²) in [5.74, 6) is -0.0325. The van der Waals surface area contributed by atoms with E-state index in [-0.39, 0.29) is 5.82 Å². The molecule has 0 amide bonds. The Bertz CT molecular complexity index is 1040. The molecule has 0 bridgehead atoms. The predicted molar refractivity (Wildman–Crippen MR) is 131 cm³/mol. The molecule has 3 heterocycles. The van der Waals surface area contributed by atoms with Gasteiger partial charge < -0.3 is 20.9 Å². The highest BCUT2D eigenvalue weighted by Gasteiger charge is 2.25. The second kappa shape index (κ2) is 9.46. The van der Waals surface area contributed by atoms with E-state index < -0.39 is 0 Å². The molecule has 1 aromatic heterocycles. The minimum atomic E-state index is -0.345. The van der Waals surface area contributed by atoms with E-state index >= 15 is 0 Å². The maximum atomic E-state index is 14.1. The lowest BCUT2D eigenvalue weighted by Crippen LogP contribution is -2.46. The molecule has 5 nitrogen and oxygen atoms in total. The Labute approximate surface area is 193 Å².